The molecule has 2 aromatic rings. The number of carbonyl (C=O) groups is 1. The number of piperidine rings is 1. The minimum Gasteiger partial charge on any atom is -0.337 e. The number of hydrogen-bond acceptors (Lipinski definition) is 6. The molecule has 1 atom stereocenters. The second kappa shape index (κ2) is 7.82. The van der Waals surface area contributed by atoms with Gasteiger partial charge in [-0.1, -0.05) is 11.6 Å². The molecule has 2 aromatic heterocycles. The standard InChI is InChI=1S/C18H24N6O2/c25-18(24-10-6-15(13-24)23-8-2-1-3-9-23)20-12-16-21-17(22-26-16)14-5-4-7-19-11-14/h4-5,7,11,15H,1-3,6,8-10,12-13H2,(H,20,25)/t15-/m0/s1. The van der Waals surface area contributed by atoms with Gasteiger partial charge in [-0.25, -0.2) is 4.79 Å². The maximum Gasteiger partial charge on any atom is 0.317 e. The van der Waals surface area contributed by atoms with Crippen molar-refractivity contribution in [3.05, 3.63) is 30.4 Å². The van der Waals surface area contributed by atoms with Crippen LogP contribution in [0.15, 0.2) is 29.0 Å². The van der Waals surface area contributed by atoms with Gasteiger partial charge in [-0.05, 0) is 44.5 Å². The fourth-order valence-electron chi connectivity index (χ4n) is 3.71. The van der Waals surface area contributed by atoms with Crippen molar-refractivity contribution in [2.45, 2.75) is 38.3 Å². The largest absolute Gasteiger partial charge is 0.337 e. The summed E-state index contributed by atoms with van der Waals surface area (Å²) in [5.74, 6) is 0.873. The van der Waals surface area contributed by atoms with Gasteiger partial charge in [0.2, 0.25) is 11.7 Å². The van der Waals surface area contributed by atoms with E-state index >= 15 is 0 Å². The van der Waals surface area contributed by atoms with Crippen LogP contribution in [0.2, 0.25) is 0 Å². The number of nitrogens with zero attached hydrogens (tertiary/aromatic N) is 5. The number of urea groups is 1. The van der Waals surface area contributed by atoms with Crippen LogP contribution in [0.1, 0.15) is 31.6 Å². The van der Waals surface area contributed by atoms with Gasteiger partial charge in [0.15, 0.2) is 0 Å². The van der Waals surface area contributed by atoms with E-state index in [-0.39, 0.29) is 12.6 Å². The second-order valence-corrected chi connectivity index (χ2v) is 6.90. The lowest BCUT2D eigenvalue weighted by atomic mass is 10.1. The highest BCUT2D eigenvalue weighted by Crippen LogP contribution is 2.20. The Morgan fingerprint density at radius 2 is 2.15 bits per heavy atom. The number of carbonyl (C=O) groups excluding carboxylic acids is 1. The van der Waals surface area contributed by atoms with Crippen LogP contribution in [-0.2, 0) is 6.54 Å². The summed E-state index contributed by atoms with van der Waals surface area (Å²) in [5, 5.41) is 6.82. The summed E-state index contributed by atoms with van der Waals surface area (Å²) in [6.45, 7) is 4.17. The van der Waals surface area contributed by atoms with E-state index in [1.165, 1.54) is 32.4 Å². The Labute approximate surface area is 152 Å². The van der Waals surface area contributed by atoms with Crippen molar-refractivity contribution < 1.29 is 9.32 Å². The van der Waals surface area contributed by atoms with E-state index in [0.717, 1.165) is 25.1 Å². The highest BCUT2D eigenvalue weighted by atomic mass is 16.5. The first-order chi connectivity index (χ1) is 12.8. The first-order valence-electron chi connectivity index (χ1n) is 9.29. The Morgan fingerprint density at radius 1 is 1.27 bits per heavy atom. The van der Waals surface area contributed by atoms with Crippen LogP contribution in [0.3, 0.4) is 0 Å². The van der Waals surface area contributed by atoms with Crippen LogP contribution in [0, 0.1) is 0 Å². The van der Waals surface area contributed by atoms with E-state index in [1.54, 1.807) is 12.4 Å². The third-order valence-electron chi connectivity index (χ3n) is 5.14. The summed E-state index contributed by atoms with van der Waals surface area (Å²) in [5.41, 5.74) is 0.790. The van der Waals surface area contributed by atoms with Crippen molar-refractivity contribution in [2.75, 3.05) is 26.2 Å². The van der Waals surface area contributed by atoms with E-state index in [1.807, 2.05) is 17.0 Å². The first kappa shape index (κ1) is 17.0. The topological polar surface area (TPSA) is 87.4 Å². The quantitative estimate of drug-likeness (QED) is 0.900. The van der Waals surface area contributed by atoms with Gasteiger partial charge in [-0.2, -0.15) is 4.98 Å². The summed E-state index contributed by atoms with van der Waals surface area (Å²) in [6, 6.07) is 4.12. The molecule has 1 N–H and O–H groups in total. The van der Waals surface area contributed by atoms with Gasteiger partial charge in [0.1, 0.15) is 0 Å². The number of hydrogen-bond donors (Lipinski definition) is 1. The average Bonchev–Trinajstić information content (AvgIpc) is 3.37. The van der Waals surface area contributed by atoms with Crippen molar-refractivity contribution in [3.63, 3.8) is 0 Å². The van der Waals surface area contributed by atoms with Crippen LogP contribution >= 0.6 is 0 Å². The highest BCUT2D eigenvalue weighted by Gasteiger charge is 2.30. The zero-order valence-electron chi connectivity index (χ0n) is 14.8. The fraction of sp³-hybridized carbons (Fsp3) is 0.556. The van der Waals surface area contributed by atoms with Crippen LogP contribution in [-0.4, -0.2) is 63.2 Å². The maximum atomic E-state index is 12.4. The number of nitrogens with one attached hydrogen (secondary N) is 1. The molecule has 0 bridgehead atoms. The van der Waals surface area contributed by atoms with Crippen LogP contribution in [0.4, 0.5) is 4.79 Å². The Morgan fingerprint density at radius 3 is 2.96 bits per heavy atom. The minimum absolute atomic E-state index is 0.0642. The summed E-state index contributed by atoms with van der Waals surface area (Å²) in [7, 11) is 0. The molecule has 138 valence electrons. The lowest BCUT2D eigenvalue weighted by Crippen LogP contribution is -2.43. The first-order valence-corrected chi connectivity index (χ1v) is 9.29. The Bertz CT molecular complexity index is 728. The Balaban J connectivity index is 1.27. The molecule has 0 unspecified atom stereocenters. The molecule has 8 nitrogen and oxygen atoms in total. The lowest BCUT2D eigenvalue weighted by molar-refractivity contribution is 0.161. The molecule has 2 aliphatic rings. The molecule has 26 heavy (non-hydrogen) atoms. The van der Waals surface area contributed by atoms with Gasteiger partial charge in [0.05, 0.1) is 6.54 Å². The third kappa shape index (κ3) is 3.85. The SMILES string of the molecule is O=C(NCc1nc(-c2cccnc2)no1)N1CC[C@H](N2CCCCC2)C1. The van der Waals surface area contributed by atoms with Crippen LogP contribution in [0.25, 0.3) is 11.4 Å². The predicted molar refractivity (Wildman–Crippen MR) is 95.2 cm³/mol. The van der Waals surface area contributed by atoms with Gasteiger partial charge in [-0.3, -0.25) is 9.88 Å². The van der Waals surface area contributed by atoms with Gasteiger partial charge in [0, 0.05) is 37.1 Å². The maximum absolute atomic E-state index is 12.4. The van der Waals surface area contributed by atoms with Crippen molar-refractivity contribution in [3.8, 4) is 11.4 Å². The second-order valence-electron chi connectivity index (χ2n) is 6.90. The van der Waals surface area contributed by atoms with Gasteiger partial charge >= 0.3 is 6.03 Å². The van der Waals surface area contributed by atoms with E-state index in [9.17, 15) is 4.79 Å². The normalized spacial score (nSPS) is 21.1. The minimum atomic E-state index is -0.0642. The zero-order valence-corrected chi connectivity index (χ0v) is 14.8. The van der Waals surface area contributed by atoms with Crippen molar-refractivity contribution in [1.29, 1.82) is 0 Å². The number of pyridine rings is 1. The fourth-order valence-corrected chi connectivity index (χ4v) is 3.71. The molecule has 4 rings (SSSR count). The molecule has 2 fully saturated rings. The molecule has 0 saturated carbocycles. The predicted octanol–water partition coefficient (Wildman–Crippen LogP) is 1.90. The number of rotatable bonds is 4. The molecule has 2 aliphatic heterocycles. The molecule has 0 spiro atoms. The molecule has 4 heterocycles. The smallest absolute Gasteiger partial charge is 0.317 e. The zero-order chi connectivity index (χ0) is 17.8. The van der Waals surface area contributed by atoms with Crippen LogP contribution < -0.4 is 5.32 Å². The molecule has 0 aromatic carbocycles. The Kier molecular flexibility index (Phi) is 5.10. The summed E-state index contributed by atoms with van der Waals surface area (Å²) in [6.07, 6.45) is 8.31. The van der Waals surface area contributed by atoms with E-state index in [0.29, 0.717) is 17.8 Å². The van der Waals surface area contributed by atoms with Gasteiger partial charge in [-0.15, -0.1) is 0 Å². The molecule has 0 radical (unpaired) electrons. The molecule has 2 saturated heterocycles. The molecule has 0 aliphatic carbocycles. The van der Waals surface area contributed by atoms with Gasteiger partial charge in [0.25, 0.3) is 0 Å². The van der Waals surface area contributed by atoms with Gasteiger partial charge < -0.3 is 14.7 Å². The Hall–Kier alpha value is -2.48. The number of amides is 2. The van der Waals surface area contributed by atoms with Crippen LogP contribution in [0.5, 0.6) is 0 Å². The molecule has 8 heteroatoms. The summed E-state index contributed by atoms with van der Waals surface area (Å²) in [4.78, 5) is 25.2. The van der Waals surface area contributed by atoms with Crippen molar-refractivity contribution in [2.24, 2.45) is 0 Å². The highest BCUT2D eigenvalue weighted by molar-refractivity contribution is 5.74. The average molecular weight is 356 g/mol. The van der Waals surface area contributed by atoms with Crippen molar-refractivity contribution in [1.82, 2.24) is 30.2 Å². The molecular weight excluding hydrogens is 332 g/mol. The monoisotopic (exact) mass is 356 g/mol. The number of likely N-dealkylation sites (tertiary alicyclic amines) is 2. The third-order valence-corrected chi connectivity index (χ3v) is 5.14. The van der Waals surface area contributed by atoms with E-state index < -0.39 is 0 Å². The van der Waals surface area contributed by atoms with E-state index in [2.05, 4.69) is 25.3 Å². The summed E-state index contributed by atoms with van der Waals surface area (Å²) >= 11 is 0. The summed E-state index contributed by atoms with van der Waals surface area (Å²) < 4.78 is 5.22. The van der Waals surface area contributed by atoms with Crippen molar-refractivity contribution >= 4 is 6.03 Å². The number of aromatic nitrogens is 3. The molecule has 2 amide bonds. The molecular formula is C18H24N6O2. The van der Waals surface area contributed by atoms with E-state index in [4.69, 9.17) is 4.52 Å². The lowest BCUT2D eigenvalue weighted by Gasteiger charge is -2.32.